The van der Waals surface area contributed by atoms with Crippen LogP contribution >= 0.6 is 0 Å². The van der Waals surface area contributed by atoms with Gasteiger partial charge in [0.05, 0.1) is 6.26 Å². The molecule has 0 amide bonds. The Labute approximate surface area is 75.8 Å². The molecule has 12 heavy (non-hydrogen) atoms. The number of nitrogens with zero attached hydrogens (tertiary/aromatic N) is 1. The molecule has 0 aromatic rings. The van der Waals surface area contributed by atoms with E-state index >= 15 is 0 Å². The Morgan fingerprint density at radius 2 is 1.83 bits per heavy atom. The minimum atomic E-state index is -2.97. The van der Waals surface area contributed by atoms with Crippen LogP contribution in [0, 0.1) is 6.92 Å². The molecule has 0 aromatic carbocycles. The van der Waals surface area contributed by atoms with E-state index in [-0.39, 0.29) is 0 Å². The lowest BCUT2D eigenvalue weighted by atomic mass is 10.2. The van der Waals surface area contributed by atoms with Gasteiger partial charge >= 0.3 is 0 Å². The molecule has 0 bridgehead atoms. The summed E-state index contributed by atoms with van der Waals surface area (Å²) < 4.78 is 23.2. The summed E-state index contributed by atoms with van der Waals surface area (Å²) in [7, 11) is -1.36. The van der Waals surface area contributed by atoms with Gasteiger partial charge in [-0.05, 0) is 6.42 Å². The van der Waals surface area contributed by atoms with E-state index in [1.807, 2.05) is 0 Å². The van der Waals surface area contributed by atoms with Gasteiger partial charge in [0, 0.05) is 13.6 Å². The Balaban J connectivity index is 3.52. The monoisotopic (exact) mass is 192 g/mol. The van der Waals surface area contributed by atoms with Gasteiger partial charge in [-0.2, -0.15) is 0 Å². The molecule has 0 aromatic heterocycles. The molecule has 0 unspecified atom stereocenters. The van der Waals surface area contributed by atoms with Crippen molar-refractivity contribution in [3.05, 3.63) is 6.92 Å². The van der Waals surface area contributed by atoms with Crippen molar-refractivity contribution in [2.24, 2.45) is 0 Å². The second-order valence-electron chi connectivity index (χ2n) is 3.00. The number of sulfonamides is 1. The highest BCUT2D eigenvalue weighted by Crippen LogP contribution is 2.01. The zero-order valence-electron chi connectivity index (χ0n) is 7.91. The van der Waals surface area contributed by atoms with Crippen LogP contribution in [-0.4, -0.2) is 32.6 Å². The first kappa shape index (κ1) is 11.9. The molecule has 0 spiro atoms. The highest BCUT2D eigenvalue weighted by Gasteiger charge is 2.08. The van der Waals surface area contributed by atoms with Gasteiger partial charge in [0.1, 0.15) is 0 Å². The van der Waals surface area contributed by atoms with Crippen molar-refractivity contribution in [3.63, 3.8) is 0 Å². The number of hydrogen-bond acceptors (Lipinski definition) is 2. The summed E-state index contributed by atoms with van der Waals surface area (Å²) in [6.07, 6.45) is 5.23. The third kappa shape index (κ3) is 5.55. The maximum Gasteiger partial charge on any atom is 0.210 e. The molecular weight excluding hydrogens is 174 g/mol. The minimum Gasteiger partial charge on any atom is -0.213 e. The lowest BCUT2D eigenvalue weighted by Gasteiger charge is -2.12. The third-order valence-corrected chi connectivity index (χ3v) is 3.10. The molecular formula is C8H18NO2S. The van der Waals surface area contributed by atoms with Crippen LogP contribution in [0.1, 0.15) is 25.7 Å². The fourth-order valence-electron chi connectivity index (χ4n) is 0.854. The molecule has 1 radical (unpaired) electrons. The molecule has 73 valence electrons. The predicted octanol–water partition coefficient (Wildman–Crippen LogP) is 1.27. The van der Waals surface area contributed by atoms with Crippen molar-refractivity contribution < 1.29 is 8.42 Å². The lowest BCUT2D eigenvalue weighted by molar-refractivity contribution is 0.457. The first-order valence-electron chi connectivity index (χ1n) is 4.19. The first-order valence-corrected chi connectivity index (χ1v) is 6.04. The molecule has 0 N–H and O–H groups in total. The van der Waals surface area contributed by atoms with Crippen molar-refractivity contribution in [2.45, 2.75) is 25.7 Å². The summed E-state index contributed by atoms with van der Waals surface area (Å²) in [6, 6.07) is 0. The average Bonchev–Trinajstić information content (AvgIpc) is 1.96. The van der Waals surface area contributed by atoms with Crippen LogP contribution in [0.2, 0.25) is 0 Å². The van der Waals surface area contributed by atoms with Gasteiger partial charge in [-0.15, -0.1) is 0 Å². The number of rotatable bonds is 6. The van der Waals surface area contributed by atoms with Crippen LogP contribution in [0.15, 0.2) is 0 Å². The largest absolute Gasteiger partial charge is 0.213 e. The topological polar surface area (TPSA) is 37.4 Å². The van der Waals surface area contributed by atoms with Gasteiger partial charge in [-0.3, -0.25) is 0 Å². The Kier molecular flexibility index (Phi) is 5.50. The second kappa shape index (κ2) is 5.54. The molecule has 4 heteroatoms. The second-order valence-corrected chi connectivity index (χ2v) is 5.09. The number of hydrogen-bond donors (Lipinski definition) is 0. The molecule has 0 fully saturated rings. The van der Waals surface area contributed by atoms with E-state index in [1.54, 1.807) is 7.05 Å². The minimum absolute atomic E-state index is 0.624. The van der Waals surface area contributed by atoms with Gasteiger partial charge in [-0.1, -0.05) is 26.2 Å². The van der Waals surface area contributed by atoms with Crippen LogP contribution in [0.4, 0.5) is 0 Å². The molecule has 0 saturated carbocycles. The van der Waals surface area contributed by atoms with Gasteiger partial charge in [0.15, 0.2) is 0 Å². The summed E-state index contributed by atoms with van der Waals surface area (Å²) in [5.41, 5.74) is 0. The molecule has 0 aliphatic carbocycles. The zero-order valence-corrected chi connectivity index (χ0v) is 8.73. The summed E-state index contributed by atoms with van der Waals surface area (Å²) in [5, 5.41) is 0. The fourth-order valence-corrected chi connectivity index (χ4v) is 1.31. The van der Waals surface area contributed by atoms with Crippen LogP contribution in [0.25, 0.3) is 0 Å². The van der Waals surface area contributed by atoms with Crippen LogP contribution in [-0.2, 0) is 10.0 Å². The van der Waals surface area contributed by atoms with Crippen molar-refractivity contribution >= 4 is 10.0 Å². The Morgan fingerprint density at radius 3 is 2.25 bits per heavy atom. The van der Waals surface area contributed by atoms with E-state index in [9.17, 15) is 8.42 Å². The Morgan fingerprint density at radius 1 is 1.25 bits per heavy atom. The third-order valence-electron chi connectivity index (χ3n) is 1.79. The van der Waals surface area contributed by atoms with E-state index in [2.05, 4.69) is 6.92 Å². The van der Waals surface area contributed by atoms with Crippen molar-refractivity contribution in [1.82, 2.24) is 4.31 Å². The Bertz CT molecular complexity index is 199. The maximum atomic E-state index is 10.9. The highest BCUT2D eigenvalue weighted by atomic mass is 32.2. The molecule has 0 saturated heterocycles. The van der Waals surface area contributed by atoms with E-state index in [0.29, 0.717) is 6.54 Å². The Hall–Kier alpha value is -0.0900. The van der Waals surface area contributed by atoms with E-state index < -0.39 is 10.0 Å². The van der Waals surface area contributed by atoms with Crippen molar-refractivity contribution in [2.75, 3.05) is 19.8 Å². The average molecular weight is 192 g/mol. The summed E-state index contributed by atoms with van der Waals surface area (Å²) in [5.74, 6) is 0. The molecule has 0 atom stereocenters. The normalized spacial score (nSPS) is 12.3. The van der Waals surface area contributed by atoms with Crippen LogP contribution in [0.5, 0.6) is 0 Å². The standard InChI is InChI=1S/C8H18NO2S/c1-4-5-6-7-8-9(2)12(3,10)11/h1,4-8H2,2-3H3. The van der Waals surface area contributed by atoms with Crippen molar-refractivity contribution in [1.29, 1.82) is 0 Å². The summed E-state index contributed by atoms with van der Waals surface area (Å²) >= 11 is 0. The molecule has 0 rings (SSSR count). The quantitative estimate of drug-likeness (QED) is 0.594. The van der Waals surface area contributed by atoms with Crippen LogP contribution < -0.4 is 0 Å². The van der Waals surface area contributed by atoms with Gasteiger partial charge < -0.3 is 0 Å². The van der Waals surface area contributed by atoms with Gasteiger partial charge in [-0.25, -0.2) is 12.7 Å². The van der Waals surface area contributed by atoms with E-state index in [4.69, 9.17) is 0 Å². The SMILES string of the molecule is [CH2]CCCCCN(C)S(C)(=O)=O. The van der Waals surface area contributed by atoms with Gasteiger partial charge in [0.25, 0.3) is 0 Å². The molecule has 3 nitrogen and oxygen atoms in total. The zero-order chi connectivity index (χ0) is 9.61. The summed E-state index contributed by atoms with van der Waals surface area (Å²) in [6.45, 7) is 4.34. The highest BCUT2D eigenvalue weighted by molar-refractivity contribution is 7.88. The first-order chi connectivity index (χ1) is 5.48. The summed E-state index contributed by atoms with van der Waals surface area (Å²) in [4.78, 5) is 0. The molecule has 0 heterocycles. The van der Waals surface area contributed by atoms with E-state index in [1.165, 1.54) is 10.6 Å². The number of unbranched alkanes of at least 4 members (excludes halogenated alkanes) is 3. The van der Waals surface area contributed by atoms with Gasteiger partial charge in [0.2, 0.25) is 10.0 Å². The predicted molar refractivity (Wildman–Crippen MR) is 51.3 cm³/mol. The molecule has 0 aliphatic rings. The fraction of sp³-hybridized carbons (Fsp3) is 0.875. The van der Waals surface area contributed by atoms with E-state index in [0.717, 1.165) is 25.7 Å². The lowest BCUT2D eigenvalue weighted by Crippen LogP contribution is -2.26. The van der Waals surface area contributed by atoms with Crippen LogP contribution in [0.3, 0.4) is 0 Å². The maximum absolute atomic E-state index is 10.9. The smallest absolute Gasteiger partial charge is 0.210 e. The molecule has 0 aliphatic heterocycles. The van der Waals surface area contributed by atoms with Crippen molar-refractivity contribution in [3.8, 4) is 0 Å².